The second-order valence-corrected chi connectivity index (χ2v) is 11.6. The van der Waals surface area contributed by atoms with Gasteiger partial charge in [0.05, 0.1) is 34.9 Å². The fourth-order valence-corrected chi connectivity index (χ4v) is 6.35. The molecule has 0 bridgehead atoms. The molecule has 2 aliphatic heterocycles. The number of benzene rings is 1. The van der Waals surface area contributed by atoms with Crippen molar-refractivity contribution in [2.45, 2.75) is 45.7 Å². The molecule has 1 fully saturated rings. The number of likely N-dealkylation sites (N-methyl/N-ethyl adjacent to an activating group) is 1. The van der Waals surface area contributed by atoms with Crippen molar-refractivity contribution in [1.82, 2.24) is 24.4 Å². The normalized spacial score (nSPS) is 18.0. The highest BCUT2D eigenvalue weighted by Crippen LogP contribution is 2.43. The number of pyridine rings is 2. The Hall–Kier alpha value is -5.20. The highest BCUT2D eigenvalue weighted by molar-refractivity contribution is 6.12. The molecule has 0 spiro atoms. The van der Waals surface area contributed by atoms with Crippen LogP contribution < -0.4 is 15.4 Å². The second-order valence-electron chi connectivity index (χ2n) is 11.6. The first-order valence-electron chi connectivity index (χ1n) is 14.4. The zero-order valence-electron chi connectivity index (χ0n) is 25.4. The largest absolute Gasteiger partial charge is 0.507 e. The summed E-state index contributed by atoms with van der Waals surface area (Å²) in [4.78, 5) is 58.9. The van der Waals surface area contributed by atoms with E-state index in [9.17, 15) is 19.5 Å². The summed E-state index contributed by atoms with van der Waals surface area (Å²) < 4.78 is 32.4. The number of aromatic nitrogens is 4. The molecule has 5 heterocycles. The standard InChI is InChI=1S/C32H31F2N7O4/c1-7-23(43)39-13-21-31(44)38(6)29-28(40(21)12-16(39)4)18-11-20(34)26(24-19(33)9-8-10-22(24)42)37-30(18)41(32(29)45)27-17(5)35-14-36-25(27)15(2)3/h7-11,14-16,21,42H,1,12-13H2,2-6H3. The lowest BCUT2D eigenvalue weighted by molar-refractivity contribution is -0.130. The minimum Gasteiger partial charge on any atom is -0.507 e. The number of amides is 2. The summed E-state index contributed by atoms with van der Waals surface area (Å²) in [7, 11) is 1.46. The molecule has 2 amide bonds. The molecule has 1 N–H and O–H groups in total. The molecule has 2 aliphatic rings. The number of piperazine rings is 1. The van der Waals surface area contributed by atoms with E-state index in [1.165, 1.54) is 46.0 Å². The fourth-order valence-electron chi connectivity index (χ4n) is 6.35. The van der Waals surface area contributed by atoms with Gasteiger partial charge in [0, 0.05) is 25.0 Å². The number of halogens is 2. The topological polar surface area (TPSA) is 125 Å². The molecule has 13 heteroatoms. The molecule has 2 unspecified atom stereocenters. The van der Waals surface area contributed by atoms with Gasteiger partial charge in [-0.2, -0.15) is 0 Å². The van der Waals surface area contributed by atoms with Crippen LogP contribution in [0.1, 0.15) is 38.1 Å². The van der Waals surface area contributed by atoms with Gasteiger partial charge >= 0.3 is 0 Å². The number of phenols is 1. The molecule has 45 heavy (non-hydrogen) atoms. The van der Waals surface area contributed by atoms with Crippen molar-refractivity contribution in [2.75, 3.05) is 29.9 Å². The fraction of sp³-hybridized carbons (Fsp3) is 0.312. The molecule has 1 saturated heterocycles. The molecule has 6 rings (SSSR count). The highest BCUT2D eigenvalue weighted by Gasteiger charge is 2.46. The summed E-state index contributed by atoms with van der Waals surface area (Å²) in [5.74, 6) is -3.34. The van der Waals surface area contributed by atoms with Crippen LogP contribution in [0.4, 0.5) is 20.2 Å². The van der Waals surface area contributed by atoms with Gasteiger partial charge in [-0.3, -0.25) is 19.0 Å². The highest BCUT2D eigenvalue weighted by atomic mass is 19.1. The number of aromatic hydroxyl groups is 1. The number of phenolic OH excluding ortho intramolecular Hbond substituents is 1. The van der Waals surface area contributed by atoms with Crippen LogP contribution in [0.5, 0.6) is 5.75 Å². The van der Waals surface area contributed by atoms with E-state index in [1.807, 2.05) is 13.8 Å². The molecular weight excluding hydrogens is 584 g/mol. The Morgan fingerprint density at radius 1 is 1.11 bits per heavy atom. The second kappa shape index (κ2) is 10.8. The number of rotatable bonds is 4. The third-order valence-corrected chi connectivity index (χ3v) is 8.52. The Morgan fingerprint density at radius 3 is 2.51 bits per heavy atom. The van der Waals surface area contributed by atoms with Gasteiger partial charge in [-0.25, -0.2) is 23.7 Å². The van der Waals surface area contributed by atoms with Gasteiger partial charge < -0.3 is 19.8 Å². The first-order valence-corrected chi connectivity index (χ1v) is 14.4. The molecule has 0 radical (unpaired) electrons. The van der Waals surface area contributed by atoms with E-state index in [4.69, 9.17) is 0 Å². The van der Waals surface area contributed by atoms with Crippen molar-refractivity contribution < 1.29 is 23.5 Å². The maximum absolute atomic E-state index is 16.1. The zero-order valence-corrected chi connectivity index (χ0v) is 25.4. The molecule has 4 aromatic rings. The van der Waals surface area contributed by atoms with Gasteiger partial charge in [-0.15, -0.1) is 0 Å². The van der Waals surface area contributed by atoms with E-state index in [0.29, 0.717) is 17.1 Å². The van der Waals surface area contributed by atoms with Crippen LogP contribution in [0.3, 0.4) is 0 Å². The Bertz CT molecular complexity index is 1970. The number of carbonyl (C=O) groups excluding carboxylic acids is 2. The van der Waals surface area contributed by atoms with Crippen LogP contribution in [0.25, 0.3) is 28.0 Å². The van der Waals surface area contributed by atoms with E-state index in [1.54, 1.807) is 18.7 Å². The number of aryl methyl sites for hydroxylation is 1. The summed E-state index contributed by atoms with van der Waals surface area (Å²) in [6, 6.07) is 3.43. The van der Waals surface area contributed by atoms with Gasteiger partial charge in [-0.1, -0.05) is 26.5 Å². The van der Waals surface area contributed by atoms with Gasteiger partial charge in [0.25, 0.3) is 11.5 Å². The average molecular weight is 616 g/mol. The summed E-state index contributed by atoms with van der Waals surface area (Å²) in [6.45, 7) is 11.0. The van der Waals surface area contributed by atoms with Crippen LogP contribution in [-0.2, 0) is 9.59 Å². The van der Waals surface area contributed by atoms with Gasteiger partial charge in [-0.05, 0) is 44.0 Å². The minimum atomic E-state index is -0.954. The molecular formula is C32H31F2N7O4. The molecule has 0 aliphatic carbocycles. The number of anilines is 2. The molecule has 11 nitrogen and oxygen atoms in total. The predicted molar refractivity (Wildman–Crippen MR) is 165 cm³/mol. The van der Waals surface area contributed by atoms with Gasteiger partial charge in [0.1, 0.15) is 35.3 Å². The number of nitrogens with zero attached hydrogens (tertiary/aromatic N) is 7. The van der Waals surface area contributed by atoms with Gasteiger partial charge in [0.15, 0.2) is 11.5 Å². The number of carbonyl (C=O) groups is 2. The summed E-state index contributed by atoms with van der Waals surface area (Å²) >= 11 is 0. The quantitative estimate of drug-likeness (QED) is 0.344. The lowest BCUT2D eigenvalue weighted by Gasteiger charge is -2.49. The molecule has 3 aromatic heterocycles. The van der Waals surface area contributed by atoms with E-state index in [0.717, 1.165) is 12.1 Å². The van der Waals surface area contributed by atoms with E-state index < -0.39 is 52.2 Å². The van der Waals surface area contributed by atoms with Crippen molar-refractivity contribution >= 4 is 34.2 Å². The zero-order chi connectivity index (χ0) is 32.5. The maximum Gasteiger partial charge on any atom is 0.283 e. The molecule has 232 valence electrons. The molecule has 1 aromatic carbocycles. The maximum atomic E-state index is 16.1. The SMILES string of the molecule is C=CC(=O)N1CC2C(=O)N(C)c3c(c4cc(F)c(-c5c(O)cccc5F)nc4n(-c4c(C)ncnc4C(C)C)c3=O)N2CC1C. The molecule has 2 atom stereocenters. The van der Waals surface area contributed by atoms with Crippen LogP contribution in [0.2, 0.25) is 0 Å². The Balaban J connectivity index is 1.76. The number of fused-ring (bicyclic) bond motifs is 5. The summed E-state index contributed by atoms with van der Waals surface area (Å²) in [5, 5.41) is 10.7. The van der Waals surface area contributed by atoms with E-state index >= 15 is 8.78 Å². The van der Waals surface area contributed by atoms with E-state index in [-0.39, 0.29) is 47.3 Å². The van der Waals surface area contributed by atoms with Crippen molar-refractivity contribution in [2.24, 2.45) is 0 Å². The minimum absolute atomic E-state index is 0.0133. The van der Waals surface area contributed by atoms with Crippen LogP contribution in [-0.4, -0.2) is 73.6 Å². The van der Waals surface area contributed by atoms with Gasteiger partial charge in [0.2, 0.25) is 5.91 Å². The third kappa shape index (κ3) is 4.44. The summed E-state index contributed by atoms with van der Waals surface area (Å²) in [5.41, 5.74) is -0.194. The monoisotopic (exact) mass is 615 g/mol. The Morgan fingerprint density at radius 2 is 1.84 bits per heavy atom. The first kappa shape index (κ1) is 29.9. The summed E-state index contributed by atoms with van der Waals surface area (Å²) in [6.07, 6.45) is 2.56. The third-order valence-electron chi connectivity index (χ3n) is 8.52. The van der Waals surface area contributed by atoms with Crippen molar-refractivity contribution in [3.05, 3.63) is 76.6 Å². The van der Waals surface area contributed by atoms with Crippen molar-refractivity contribution in [3.8, 4) is 22.7 Å². The first-order chi connectivity index (χ1) is 21.4. The Labute approximate surface area is 257 Å². The number of hydrogen-bond acceptors (Lipinski definition) is 8. The van der Waals surface area contributed by atoms with Crippen LogP contribution in [0.15, 0.2) is 48.0 Å². The van der Waals surface area contributed by atoms with Crippen LogP contribution in [0, 0.1) is 18.6 Å². The van der Waals surface area contributed by atoms with Crippen LogP contribution >= 0.6 is 0 Å². The van der Waals surface area contributed by atoms with Crippen molar-refractivity contribution in [1.29, 1.82) is 0 Å². The lowest BCUT2D eigenvalue weighted by atomic mass is 9.98. The van der Waals surface area contributed by atoms with Crippen molar-refractivity contribution in [3.63, 3.8) is 0 Å². The molecule has 0 saturated carbocycles. The predicted octanol–water partition coefficient (Wildman–Crippen LogP) is 3.83. The lowest BCUT2D eigenvalue weighted by Crippen LogP contribution is -2.66. The average Bonchev–Trinajstić information content (AvgIpc) is 2.99. The Kier molecular flexibility index (Phi) is 7.13. The number of hydrogen-bond donors (Lipinski definition) is 1. The van der Waals surface area contributed by atoms with E-state index in [2.05, 4.69) is 21.5 Å². The smallest absolute Gasteiger partial charge is 0.283 e.